The number of hydrogen-bond donors (Lipinski definition) is 1. The Labute approximate surface area is 141 Å². The highest BCUT2D eigenvalue weighted by Crippen LogP contribution is 2.18. The Bertz CT molecular complexity index is 644. The van der Waals surface area contributed by atoms with Gasteiger partial charge in [-0.25, -0.2) is 9.98 Å². The largest absolute Gasteiger partial charge is 0.357 e. The van der Waals surface area contributed by atoms with E-state index < -0.39 is 0 Å². The lowest BCUT2D eigenvalue weighted by molar-refractivity contribution is 0.476. The van der Waals surface area contributed by atoms with E-state index in [0.717, 1.165) is 35.4 Å². The minimum absolute atomic E-state index is 0.573. The van der Waals surface area contributed by atoms with Gasteiger partial charge in [0.25, 0.3) is 0 Å². The summed E-state index contributed by atoms with van der Waals surface area (Å²) < 4.78 is 1.81. The smallest absolute Gasteiger partial charge is 0.194 e. The molecule has 126 valence electrons. The van der Waals surface area contributed by atoms with Gasteiger partial charge in [0.15, 0.2) is 11.1 Å². The Morgan fingerprint density at radius 1 is 1.39 bits per heavy atom. The molecule has 0 aromatic carbocycles. The highest BCUT2D eigenvalue weighted by molar-refractivity contribution is 7.13. The third kappa shape index (κ3) is 4.95. The van der Waals surface area contributed by atoms with Crippen molar-refractivity contribution in [3.63, 3.8) is 0 Å². The van der Waals surface area contributed by atoms with Crippen molar-refractivity contribution in [2.24, 2.45) is 12.0 Å². The summed E-state index contributed by atoms with van der Waals surface area (Å²) >= 11 is 1.64. The molecule has 2 heterocycles. The van der Waals surface area contributed by atoms with Crippen LogP contribution in [-0.2, 0) is 20.1 Å². The predicted molar refractivity (Wildman–Crippen MR) is 95.9 cm³/mol. The Balaban J connectivity index is 2.03. The van der Waals surface area contributed by atoms with Crippen molar-refractivity contribution in [2.75, 3.05) is 32.6 Å². The molecule has 2 aromatic heterocycles. The lowest BCUT2D eigenvalue weighted by Crippen LogP contribution is -2.38. The van der Waals surface area contributed by atoms with Crippen molar-refractivity contribution in [3.8, 4) is 0 Å². The normalized spacial score (nSPS) is 11.6. The summed E-state index contributed by atoms with van der Waals surface area (Å²) in [7, 11) is 7.95. The van der Waals surface area contributed by atoms with Gasteiger partial charge in [-0.2, -0.15) is 5.10 Å². The number of aromatic nitrogens is 3. The summed E-state index contributed by atoms with van der Waals surface area (Å²) in [5.74, 6) is 0.871. The maximum atomic E-state index is 4.69. The number of hydrogen-bond acceptors (Lipinski definition) is 5. The first kappa shape index (κ1) is 17.3. The van der Waals surface area contributed by atoms with Crippen LogP contribution in [0.5, 0.6) is 0 Å². The monoisotopic (exact) mass is 335 g/mol. The molecule has 8 heteroatoms. The molecule has 0 amide bonds. The van der Waals surface area contributed by atoms with E-state index in [-0.39, 0.29) is 0 Å². The SMILES string of the molecule is CCNC(=NCc1csc(N(C)C)n1)N(C)Cc1cnn(C)c1. The number of aliphatic imine (C=N–C) groups is 1. The van der Waals surface area contributed by atoms with Gasteiger partial charge in [0.2, 0.25) is 0 Å². The second kappa shape index (κ2) is 7.96. The Morgan fingerprint density at radius 2 is 2.17 bits per heavy atom. The van der Waals surface area contributed by atoms with E-state index in [0.29, 0.717) is 6.54 Å². The number of rotatable bonds is 6. The molecule has 0 aliphatic carbocycles. The third-order valence-corrected chi connectivity index (χ3v) is 4.24. The zero-order chi connectivity index (χ0) is 16.8. The third-order valence-electron chi connectivity index (χ3n) is 3.19. The Morgan fingerprint density at radius 3 is 2.74 bits per heavy atom. The van der Waals surface area contributed by atoms with Gasteiger partial charge in [-0.1, -0.05) is 0 Å². The first-order chi connectivity index (χ1) is 11.0. The van der Waals surface area contributed by atoms with Crippen molar-refractivity contribution in [1.29, 1.82) is 0 Å². The molecule has 0 saturated heterocycles. The summed E-state index contributed by atoms with van der Waals surface area (Å²) in [4.78, 5) is 13.4. The van der Waals surface area contributed by atoms with Crippen LogP contribution in [0.3, 0.4) is 0 Å². The van der Waals surface area contributed by atoms with Crippen LogP contribution in [0.25, 0.3) is 0 Å². The standard InChI is InChI=1S/C15H25N7S/c1-6-16-14(21(4)9-12-7-18-22(5)10-12)17-8-13-11-23-15(19-13)20(2)3/h7,10-11H,6,8-9H2,1-5H3,(H,16,17). The molecule has 0 radical (unpaired) electrons. The fraction of sp³-hybridized carbons (Fsp3) is 0.533. The van der Waals surface area contributed by atoms with Crippen LogP contribution < -0.4 is 10.2 Å². The molecule has 23 heavy (non-hydrogen) atoms. The van der Waals surface area contributed by atoms with Gasteiger partial charge in [-0.3, -0.25) is 4.68 Å². The van der Waals surface area contributed by atoms with Gasteiger partial charge >= 0.3 is 0 Å². The van der Waals surface area contributed by atoms with Crippen LogP contribution in [0, 0.1) is 0 Å². The van der Waals surface area contributed by atoms with Gasteiger partial charge in [0.1, 0.15) is 0 Å². The molecule has 7 nitrogen and oxygen atoms in total. The molecule has 0 aliphatic heterocycles. The number of nitrogens with zero attached hydrogens (tertiary/aromatic N) is 6. The van der Waals surface area contributed by atoms with Crippen LogP contribution in [-0.4, -0.2) is 53.3 Å². The summed E-state index contributed by atoms with van der Waals surface area (Å²) in [5, 5.41) is 10.6. The van der Waals surface area contributed by atoms with E-state index >= 15 is 0 Å². The van der Waals surface area contributed by atoms with Gasteiger partial charge in [0, 0.05) is 58.4 Å². The van der Waals surface area contributed by atoms with Crippen LogP contribution in [0.4, 0.5) is 5.13 Å². The van der Waals surface area contributed by atoms with E-state index in [9.17, 15) is 0 Å². The van der Waals surface area contributed by atoms with Crippen LogP contribution in [0.1, 0.15) is 18.2 Å². The molecule has 2 rings (SSSR count). The summed E-state index contributed by atoms with van der Waals surface area (Å²) in [5.41, 5.74) is 2.15. The molecule has 0 aliphatic rings. The molecule has 0 unspecified atom stereocenters. The molecule has 1 N–H and O–H groups in total. The number of anilines is 1. The molecular weight excluding hydrogens is 310 g/mol. The summed E-state index contributed by atoms with van der Waals surface area (Å²) in [6, 6.07) is 0. The number of guanidine groups is 1. The van der Waals surface area contributed by atoms with E-state index in [2.05, 4.69) is 37.6 Å². The minimum Gasteiger partial charge on any atom is -0.357 e. The van der Waals surface area contributed by atoms with Gasteiger partial charge in [-0.15, -0.1) is 11.3 Å². The maximum absolute atomic E-state index is 4.69. The molecule has 0 atom stereocenters. The van der Waals surface area contributed by atoms with Gasteiger partial charge in [0.05, 0.1) is 18.4 Å². The number of thiazole rings is 1. The zero-order valence-corrected chi connectivity index (χ0v) is 15.3. The van der Waals surface area contributed by atoms with Crippen molar-refractivity contribution in [3.05, 3.63) is 29.0 Å². The molecule has 0 saturated carbocycles. The van der Waals surface area contributed by atoms with E-state index in [4.69, 9.17) is 0 Å². The Kier molecular flexibility index (Phi) is 5.97. The molecule has 0 spiro atoms. The van der Waals surface area contributed by atoms with Crippen molar-refractivity contribution in [1.82, 2.24) is 25.0 Å². The summed E-state index contributed by atoms with van der Waals surface area (Å²) in [6.07, 6.45) is 3.90. The first-order valence-corrected chi connectivity index (χ1v) is 8.46. The second-order valence-corrected chi connectivity index (χ2v) is 6.40. The van der Waals surface area contributed by atoms with Gasteiger partial charge in [-0.05, 0) is 6.92 Å². The molecular formula is C15H25N7S. The number of aryl methyl sites for hydroxylation is 1. The average Bonchev–Trinajstić information content (AvgIpc) is 3.12. The molecule has 2 aromatic rings. The highest BCUT2D eigenvalue weighted by atomic mass is 32.1. The Hall–Kier alpha value is -2.09. The maximum Gasteiger partial charge on any atom is 0.194 e. The van der Waals surface area contributed by atoms with E-state index in [1.165, 1.54) is 0 Å². The average molecular weight is 335 g/mol. The predicted octanol–water partition coefficient (Wildman–Crippen LogP) is 1.54. The van der Waals surface area contributed by atoms with Gasteiger partial charge < -0.3 is 15.1 Å². The highest BCUT2D eigenvalue weighted by Gasteiger charge is 2.09. The zero-order valence-electron chi connectivity index (χ0n) is 14.4. The lowest BCUT2D eigenvalue weighted by atomic mass is 10.3. The lowest BCUT2D eigenvalue weighted by Gasteiger charge is -2.21. The fourth-order valence-electron chi connectivity index (χ4n) is 2.10. The van der Waals surface area contributed by atoms with Crippen molar-refractivity contribution < 1.29 is 0 Å². The second-order valence-electron chi connectivity index (χ2n) is 5.56. The van der Waals surface area contributed by atoms with E-state index in [1.807, 2.05) is 50.2 Å². The molecule has 0 bridgehead atoms. The topological polar surface area (TPSA) is 61.6 Å². The van der Waals surface area contributed by atoms with Crippen molar-refractivity contribution >= 4 is 22.4 Å². The minimum atomic E-state index is 0.573. The van der Waals surface area contributed by atoms with Crippen LogP contribution >= 0.6 is 11.3 Å². The van der Waals surface area contributed by atoms with Crippen molar-refractivity contribution in [2.45, 2.75) is 20.0 Å². The fourth-order valence-corrected chi connectivity index (χ4v) is 2.85. The van der Waals surface area contributed by atoms with Crippen LogP contribution in [0.15, 0.2) is 22.8 Å². The quantitative estimate of drug-likeness (QED) is 0.641. The van der Waals surface area contributed by atoms with E-state index in [1.54, 1.807) is 11.3 Å². The number of nitrogens with one attached hydrogen (secondary N) is 1. The molecule has 0 fully saturated rings. The summed E-state index contributed by atoms with van der Waals surface area (Å²) in [6.45, 7) is 4.24. The first-order valence-electron chi connectivity index (χ1n) is 7.58. The van der Waals surface area contributed by atoms with Crippen LogP contribution in [0.2, 0.25) is 0 Å².